The molecule has 0 spiro atoms. The van der Waals surface area contributed by atoms with Gasteiger partial charge >= 0.3 is 5.97 Å². The smallest absolute Gasteiger partial charge is 0.328 e. The van der Waals surface area contributed by atoms with Gasteiger partial charge in [0, 0.05) is 6.54 Å². The van der Waals surface area contributed by atoms with Crippen LogP contribution >= 0.6 is 0 Å². The van der Waals surface area contributed by atoms with Crippen molar-refractivity contribution in [3.05, 3.63) is 35.9 Å². The van der Waals surface area contributed by atoms with E-state index in [-0.39, 0.29) is 11.9 Å². The van der Waals surface area contributed by atoms with Crippen molar-refractivity contribution < 1.29 is 14.3 Å². The second-order valence-electron chi connectivity index (χ2n) is 8.96. The Bertz CT molecular complexity index is 616. The van der Waals surface area contributed by atoms with Crippen LogP contribution in [-0.2, 0) is 20.7 Å². The number of unbranched alkanes of at least 4 members (excludes halogenated alkanes) is 11. The number of amides is 1. The van der Waals surface area contributed by atoms with E-state index in [0.717, 1.165) is 31.2 Å². The van der Waals surface area contributed by atoms with Crippen LogP contribution in [0.4, 0.5) is 0 Å². The van der Waals surface area contributed by atoms with Gasteiger partial charge in [-0.05, 0) is 24.8 Å². The van der Waals surface area contributed by atoms with Crippen LogP contribution < -0.4 is 0 Å². The van der Waals surface area contributed by atoms with E-state index in [1.807, 2.05) is 30.3 Å². The van der Waals surface area contributed by atoms with Gasteiger partial charge in [0.1, 0.15) is 6.04 Å². The number of hydrogen-bond acceptors (Lipinski definition) is 3. The second-order valence-corrected chi connectivity index (χ2v) is 8.96. The molecule has 1 aromatic rings. The Balaban J connectivity index is 1.50. The molecule has 0 radical (unpaired) electrons. The molecule has 0 bridgehead atoms. The Morgan fingerprint density at radius 1 is 0.871 bits per heavy atom. The first-order valence-corrected chi connectivity index (χ1v) is 12.7. The third-order valence-electron chi connectivity index (χ3n) is 6.29. The minimum absolute atomic E-state index is 0.0241. The third-order valence-corrected chi connectivity index (χ3v) is 6.29. The predicted octanol–water partition coefficient (Wildman–Crippen LogP) is 6.46. The Morgan fingerprint density at radius 3 is 2.06 bits per heavy atom. The largest absolute Gasteiger partial charge is 0.464 e. The zero-order valence-corrected chi connectivity index (χ0v) is 19.7. The van der Waals surface area contributed by atoms with E-state index in [0.29, 0.717) is 19.6 Å². The van der Waals surface area contributed by atoms with Gasteiger partial charge < -0.3 is 9.64 Å². The quantitative estimate of drug-likeness (QED) is 0.224. The number of ether oxygens (including phenoxy) is 1. The Hall–Kier alpha value is -1.84. The first kappa shape index (κ1) is 25.4. The first-order chi connectivity index (χ1) is 15.2. The summed E-state index contributed by atoms with van der Waals surface area (Å²) in [6, 6.07) is 9.33. The van der Waals surface area contributed by atoms with Gasteiger partial charge in [-0.15, -0.1) is 0 Å². The highest BCUT2D eigenvalue weighted by atomic mass is 16.5. The van der Waals surface area contributed by atoms with Crippen LogP contribution in [0.15, 0.2) is 30.3 Å². The van der Waals surface area contributed by atoms with Gasteiger partial charge in [0.25, 0.3) is 0 Å². The molecule has 0 N–H and O–H groups in total. The van der Waals surface area contributed by atoms with Crippen molar-refractivity contribution in [1.29, 1.82) is 0 Å². The number of hydrogen-bond donors (Lipinski definition) is 0. The van der Waals surface area contributed by atoms with Crippen LogP contribution in [0.2, 0.25) is 0 Å². The molecule has 174 valence electrons. The van der Waals surface area contributed by atoms with Crippen LogP contribution in [0.5, 0.6) is 0 Å². The fraction of sp³-hybridized carbons (Fsp3) is 0.704. The lowest BCUT2D eigenvalue weighted by Crippen LogP contribution is -2.42. The van der Waals surface area contributed by atoms with Crippen molar-refractivity contribution in [1.82, 2.24) is 4.90 Å². The van der Waals surface area contributed by atoms with Crippen molar-refractivity contribution in [3.8, 4) is 0 Å². The van der Waals surface area contributed by atoms with E-state index in [4.69, 9.17) is 4.74 Å². The van der Waals surface area contributed by atoms with Gasteiger partial charge in [-0.2, -0.15) is 0 Å². The molecule has 1 aromatic carbocycles. The highest BCUT2D eigenvalue weighted by Gasteiger charge is 2.34. The maximum atomic E-state index is 12.6. The van der Waals surface area contributed by atoms with Gasteiger partial charge in [-0.3, -0.25) is 4.79 Å². The monoisotopic (exact) mass is 429 g/mol. The molecule has 4 heteroatoms. The van der Waals surface area contributed by atoms with Crippen LogP contribution in [0.25, 0.3) is 0 Å². The lowest BCUT2D eigenvalue weighted by molar-refractivity contribution is -0.153. The van der Waals surface area contributed by atoms with Crippen LogP contribution in [0.1, 0.15) is 102 Å². The molecule has 0 saturated carbocycles. The topological polar surface area (TPSA) is 46.6 Å². The average Bonchev–Trinajstić information content (AvgIpc) is 3.28. The zero-order valence-electron chi connectivity index (χ0n) is 19.7. The number of carbonyl (C=O) groups excluding carboxylic acids is 2. The second kappa shape index (κ2) is 15.9. The number of rotatable bonds is 16. The predicted molar refractivity (Wildman–Crippen MR) is 127 cm³/mol. The summed E-state index contributed by atoms with van der Waals surface area (Å²) in [6.45, 7) is 3.40. The van der Waals surface area contributed by atoms with E-state index in [2.05, 4.69) is 6.92 Å². The van der Waals surface area contributed by atoms with Gasteiger partial charge in [-0.25, -0.2) is 4.79 Å². The summed E-state index contributed by atoms with van der Waals surface area (Å²) < 4.78 is 5.52. The van der Waals surface area contributed by atoms with Gasteiger partial charge in [0.05, 0.1) is 13.0 Å². The molecule has 1 fully saturated rings. The van der Waals surface area contributed by atoms with E-state index >= 15 is 0 Å². The lowest BCUT2D eigenvalue weighted by atomic mass is 10.1. The maximum Gasteiger partial charge on any atom is 0.328 e. The van der Waals surface area contributed by atoms with E-state index in [9.17, 15) is 9.59 Å². The molecule has 1 unspecified atom stereocenters. The normalized spacial score (nSPS) is 15.9. The molecule has 0 aromatic heterocycles. The molecular formula is C27H43NO3. The Kier molecular flexibility index (Phi) is 13.0. The summed E-state index contributed by atoms with van der Waals surface area (Å²) in [7, 11) is 0. The standard InChI is InChI=1S/C27H43NO3/c1-2-3-4-5-6-7-8-9-10-11-12-16-22-31-27(30)25-20-17-21-28(25)26(29)23-24-18-14-13-15-19-24/h13-15,18-19,25H,2-12,16-17,20-23H2,1H3. The fourth-order valence-electron chi connectivity index (χ4n) is 4.39. The SMILES string of the molecule is CCCCCCCCCCCCCCOC(=O)C1CCCN1C(=O)Cc1ccccc1. The van der Waals surface area contributed by atoms with Gasteiger partial charge in [0.15, 0.2) is 0 Å². The van der Waals surface area contributed by atoms with Crippen LogP contribution in [0.3, 0.4) is 0 Å². The van der Waals surface area contributed by atoms with Crippen LogP contribution in [-0.4, -0.2) is 36.0 Å². The molecule has 1 amide bonds. The molecule has 2 rings (SSSR count). The summed E-state index contributed by atoms with van der Waals surface area (Å²) in [5, 5.41) is 0. The summed E-state index contributed by atoms with van der Waals surface area (Å²) in [5.74, 6) is -0.196. The Labute approximate surface area is 189 Å². The summed E-state index contributed by atoms with van der Waals surface area (Å²) >= 11 is 0. The molecule has 1 saturated heterocycles. The van der Waals surface area contributed by atoms with Crippen molar-refractivity contribution in [2.24, 2.45) is 0 Å². The van der Waals surface area contributed by atoms with Gasteiger partial charge in [0.2, 0.25) is 5.91 Å². The third kappa shape index (κ3) is 10.3. The number of likely N-dealkylation sites (tertiary alicyclic amines) is 1. The first-order valence-electron chi connectivity index (χ1n) is 12.7. The number of benzene rings is 1. The van der Waals surface area contributed by atoms with Gasteiger partial charge in [-0.1, -0.05) is 108 Å². The van der Waals surface area contributed by atoms with Crippen molar-refractivity contribution in [2.45, 2.75) is 109 Å². The molecule has 1 heterocycles. The Morgan fingerprint density at radius 2 is 1.45 bits per heavy atom. The molecule has 0 aliphatic carbocycles. The van der Waals surface area contributed by atoms with Crippen LogP contribution in [0, 0.1) is 0 Å². The van der Waals surface area contributed by atoms with Crippen molar-refractivity contribution in [2.75, 3.05) is 13.2 Å². The molecular weight excluding hydrogens is 386 g/mol. The molecule has 1 aliphatic rings. The summed E-state index contributed by atoms with van der Waals surface area (Å²) in [4.78, 5) is 26.9. The lowest BCUT2D eigenvalue weighted by Gasteiger charge is -2.23. The van der Waals surface area contributed by atoms with Crippen molar-refractivity contribution in [3.63, 3.8) is 0 Å². The minimum Gasteiger partial charge on any atom is -0.464 e. The van der Waals surface area contributed by atoms with Crippen molar-refractivity contribution >= 4 is 11.9 Å². The summed E-state index contributed by atoms with van der Waals surface area (Å²) in [5.41, 5.74) is 0.989. The highest BCUT2D eigenvalue weighted by Crippen LogP contribution is 2.20. The summed E-state index contributed by atoms with van der Waals surface area (Å²) in [6.07, 6.45) is 17.4. The zero-order chi connectivity index (χ0) is 22.2. The number of nitrogens with zero attached hydrogens (tertiary/aromatic N) is 1. The molecule has 4 nitrogen and oxygen atoms in total. The molecule has 1 atom stereocenters. The molecule has 1 aliphatic heterocycles. The van der Waals surface area contributed by atoms with E-state index in [1.165, 1.54) is 64.2 Å². The minimum atomic E-state index is -0.395. The fourth-order valence-corrected chi connectivity index (χ4v) is 4.39. The van der Waals surface area contributed by atoms with E-state index in [1.54, 1.807) is 4.90 Å². The molecule has 31 heavy (non-hydrogen) atoms. The maximum absolute atomic E-state index is 12.6. The number of esters is 1. The number of carbonyl (C=O) groups is 2. The van der Waals surface area contributed by atoms with E-state index < -0.39 is 6.04 Å². The average molecular weight is 430 g/mol. The highest BCUT2D eigenvalue weighted by molar-refractivity contribution is 5.86.